The molecule has 0 bridgehead atoms. The molecule has 0 aromatic heterocycles. The number of methoxy groups -OCH3 is 1. The van der Waals surface area contributed by atoms with Crippen LogP contribution in [-0.2, 0) is 13.0 Å². The molecular weight excluding hydrogens is 252 g/mol. The molecule has 2 aromatic carbocycles. The Morgan fingerprint density at radius 3 is 2.80 bits per heavy atom. The standard InChI is InChI=1S/C17H16O3/c1-19-13-5-2-4-12(10-13)11-20-17-7-3-6-14-15(17)8-9-16(14)18/h2-7,10H,8-9,11H2,1H3. The van der Waals surface area contributed by atoms with Gasteiger partial charge in [0.2, 0.25) is 0 Å². The second kappa shape index (κ2) is 5.37. The van der Waals surface area contributed by atoms with E-state index in [9.17, 15) is 4.79 Å². The van der Waals surface area contributed by atoms with E-state index in [0.717, 1.165) is 34.6 Å². The van der Waals surface area contributed by atoms with Crippen molar-refractivity contribution in [2.24, 2.45) is 0 Å². The fourth-order valence-electron chi connectivity index (χ4n) is 2.52. The van der Waals surface area contributed by atoms with Crippen LogP contribution in [-0.4, -0.2) is 12.9 Å². The number of ketones is 1. The van der Waals surface area contributed by atoms with Crippen molar-refractivity contribution >= 4 is 5.78 Å². The molecule has 102 valence electrons. The molecule has 2 aromatic rings. The van der Waals surface area contributed by atoms with E-state index in [1.165, 1.54) is 0 Å². The van der Waals surface area contributed by atoms with Gasteiger partial charge in [0.05, 0.1) is 7.11 Å². The Hall–Kier alpha value is -2.29. The Morgan fingerprint density at radius 1 is 1.10 bits per heavy atom. The molecule has 0 fully saturated rings. The van der Waals surface area contributed by atoms with Crippen LogP contribution >= 0.6 is 0 Å². The van der Waals surface area contributed by atoms with Crippen LogP contribution in [0.25, 0.3) is 0 Å². The zero-order valence-electron chi connectivity index (χ0n) is 11.4. The molecule has 20 heavy (non-hydrogen) atoms. The molecule has 3 nitrogen and oxygen atoms in total. The van der Waals surface area contributed by atoms with Crippen LogP contribution in [0.4, 0.5) is 0 Å². The van der Waals surface area contributed by atoms with E-state index in [-0.39, 0.29) is 5.78 Å². The van der Waals surface area contributed by atoms with Gasteiger partial charge < -0.3 is 9.47 Å². The highest BCUT2D eigenvalue weighted by atomic mass is 16.5. The molecule has 0 heterocycles. The average molecular weight is 268 g/mol. The zero-order valence-corrected chi connectivity index (χ0v) is 11.4. The molecule has 0 unspecified atom stereocenters. The van der Waals surface area contributed by atoms with Crippen LogP contribution in [0.3, 0.4) is 0 Å². The van der Waals surface area contributed by atoms with Gasteiger partial charge >= 0.3 is 0 Å². The Kier molecular flexibility index (Phi) is 3.42. The zero-order chi connectivity index (χ0) is 13.9. The van der Waals surface area contributed by atoms with Gasteiger partial charge in [-0.2, -0.15) is 0 Å². The summed E-state index contributed by atoms with van der Waals surface area (Å²) in [6, 6.07) is 13.5. The lowest BCUT2D eigenvalue weighted by Crippen LogP contribution is -1.99. The third-order valence-corrected chi connectivity index (χ3v) is 3.56. The van der Waals surface area contributed by atoms with Crippen molar-refractivity contribution in [3.05, 3.63) is 59.2 Å². The minimum absolute atomic E-state index is 0.215. The predicted octanol–water partition coefficient (Wildman–Crippen LogP) is 3.40. The summed E-state index contributed by atoms with van der Waals surface area (Å²) < 4.78 is 11.1. The summed E-state index contributed by atoms with van der Waals surface area (Å²) in [5.74, 6) is 1.85. The van der Waals surface area contributed by atoms with Crippen molar-refractivity contribution in [2.75, 3.05) is 7.11 Å². The smallest absolute Gasteiger partial charge is 0.163 e. The van der Waals surface area contributed by atoms with Crippen LogP contribution in [0, 0.1) is 0 Å². The van der Waals surface area contributed by atoms with Crippen molar-refractivity contribution in [2.45, 2.75) is 19.4 Å². The van der Waals surface area contributed by atoms with E-state index in [1.54, 1.807) is 7.11 Å². The maximum absolute atomic E-state index is 11.7. The van der Waals surface area contributed by atoms with Gasteiger partial charge in [0, 0.05) is 17.5 Å². The minimum Gasteiger partial charge on any atom is -0.497 e. The van der Waals surface area contributed by atoms with Crippen molar-refractivity contribution in [3.63, 3.8) is 0 Å². The van der Waals surface area contributed by atoms with Gasteiger partial charge in [-0.15, -0.1) is 0 Å². The highest BCUT2D eigenvalue weighted by Gasteiger charge is 2.22. The summed E-state index contributed by atoms with van der Waals surface area (Å²) in [7, 11) is 1.65. The Balaban J connectivity index is 1.77. The number of rotatable bonds is 4. The summed E-state index contributed by atoms with van der Waals surface area (Å²) in [6.45, 7) is 0.474. The first-order valence-corrected chi connectivity index (χ1v) is 6.69. The summed E-state index contributed by atoms with van der Waals surface area (Å²) in [6.07, 6.45) is 1.37. The number of carbonyl (C=O) groups excluding carboxylic acids is 1. The van der Waals surface area contributed by atoms with Gasteiger partial charge in [0.15, 0.2) is 5.78 Å². The molecule has 3 heteroatoms. The first-order valence-electron chi connectivity index (χ1n) is 6.69. The van der Waals surface area contributed by atoms with Crippen LogP contribution in [0.2, 0.25) is 0 Å². The summed E-state index contributed by atoms with van der Waals surface area (Å²) in [4.78, 5) is 11.7. The Labute approximate surface area is 118 Å². The van der Waals surface area contributed by atoms with E-state index in [1.807, 2.05) is 42.5 Å². The number of hydrogen-bond acceptors (Lipinski definition) is 3. The van der Waals surface area contributed by atoms with Crippen LogP contribution in [0.1, 0.15) is 27.9 Å². The maximum Gasteiger partial charge on any atom is 0.163 e. The molecule has 0 aliphatic heterocycles. The SMILES string of the molecule is COc1cccc(COc2cccc3c2CCC3=O)c1. The van der Waals surface area contributed by atoms with Gasteiger partial charge in [-0.3, -0.25) is 4.79 Å². The second-order valence-corrected chi connectivity index (χ2v) is 4.85. The predicted molar refractivity (Wildman–Crippen MR) is 76.4 cm³/mol. The third kappa shape index (κ3) is 2.39. The summed E-state index contributed by atoms with van der Waals surface area (Å²) in [5, 5.41) is 0. The Bertz CT molecular complexity index is 646. The quantitative estimate of drug-likeness (QED) is 0.852. The van der Waals surface area contributed by atoms with Gasteiger partial charge in [-0.25, -0.2) is 0 Å². The summed E-state index contributed by atoms with van der Waals surface area (Å²) >= 11 is 0. The van der Waals surface area contributed by atoms with Crippen LogP contribution in [0.15, 0.2) is 42.5 Å². The molecule has 0 saturated carbocycles. The number of Topliss-reactive ketones (excluding diaryl/α,β-unsaturated/α-hetero) is 1. The topological polar surface area (TPSA) is 35.5 Å². The first-order chi connectivity index (χ1) is 9.78. The number of ether oxygens (including phenoxy) is 2. The first kappa shape index (κ1) is 12.7. The number of carbonyl (C=O) groups is 1. The van der Waals surface area contributed by atoms with Gasteiger partial charge in [0.1, 0.15) is 18.1 Å². The molecule has 0 atom stereocenters. The number of hydrogen-bond donors (Lipinski definition) is 0. The highest BCUT2D eigenvalue weighted by molar-refractivity contribution is 6.01. The molecule has 0 amide bonds. The maximum atomic E-state index is 11.7. The number of benzene rings is 2. The third-order valence-electron chi connectivity index (χ3n) is 3.56. The fraction of sp³-hybridized carbons (Fsp3) is 0.235. The van der Waals surface area contributed by atoms with Crippen LogP contribution in [0.5, 0.6) is 11.5 Å². The average Bonchev–Trinajstić information content (AvgIpc) is 2.88. The minimum atomic E-state index is 0.215. The molecule has 0 spiro atoms. The van der Waals surface area contributed by atoms with E-state index >= 15 is 0 Å². The molecule has 0 saturated heterocycles. The molecule has 1 aliphatic carbocycles. The lowest BCUT2D eigenvalue weighted by molar-refractivity contribution is 0.0994. The van der Waals surface area contributed by atoms with Crippen LogP contribution < -0.4 is 9.47 Å². The largest absolute Gasteiger partial charge is 0.497 e. The van der Waals surface area contributed by atoms with Crippen molar-refractivity contribution in [1.29, 1.82) is 0 Å². The number of fused-ring (bicyclic) bond motifs is 1. The van der Waals surface area contributed by atoms with Gasteiger partial charge in [-0.05, 0) is 30.2 Å². The van der Waals surface area contributed by atoms with E-state index in [2.05, 4.69) is 0 Å². The van der Waals surface area contributed by atoms with Crippen molar-refractivity contribution in [1.82, 2.24) is 0 Å². The van der Waals surface area contributed by atoms with Crippen molar-refractivity contribution in [3.8, 4) is 11.5 Å². The lowest BCUT2D eigenvalue weighted by atomic mass is 10.1. The lowest BCUT2D eigenvalue weighted by Gasteiger charge is -2.11. The highest BCUT2D eigenvalue weighted by Crippen LogP contribution is 2.31. The van der Waals surface area contributed by atoms with Crippen molar-refractivity contribution < 1.29 is 14.3 Å². The fourth-order valence-corrected chi connectivity index (χ4v) is 2.52. The molecule has 0 radical (unpaired) electrons. The van der Waals surface area contributed by atoms with E-state index < -0.39 is 0 Å². The Morgan fingerprint density at radius 2 is 1.95 bits per heavy atom. The monoisotopic (exact) mass is 268 g/mol. The molecule has 1 aliphatic rings. The van der Waals surface area contributed by atoms with Gasteiger partial charge in [-0.1, -0.05) is 24.3 Å². The molecule has 0 N–H and O–H groups in total. The molecular formula is C17H16O3. The van der Waals surface area contributed by atoms with Gasteiger partial charge in [0.25, 0.3) is 0 Å². The molecule has 3 rings (SSSR count). The normalized spacial score (nSPS) is 13.2. The second-order valence-electron chi connectivity index (χ2n) is 4.85. The van der Waals surface area contributed by atoms with E-state index in [4.69, 9.17) is 9.47 Å². The van der Waals surface area contributed by atoms with E-state index in [0.29, 0.717) is 13.0 Å². The summed E-state index contributed by atoms with van der Waals surface area (Å²) in [5.41, 5.74) is 2.90.